The zero-order chi connectivity index (χ0) is 16.9. The highest BCUT2D eigenvalue weighted by molar-refractivity contribution is 5.80. The molecule has 0 bridgehead atoms. The Hall–Kier alpha value is -1.30. The summed E-state index contributed by atoms with van der Waals surface area (Å²) in [4.78, 5) is 27.9. The van der Waals surface area contributed by atoms with Gasteiger partial charge in [-0.05, 0) is 34.6 Å². The minimum absolute atomic E-state index is 0.0151. The highest BCUT2D eigenvalue weighted by atomic mass is 16.6. The van der Waals surface area contributed by atoms with Gasteiger partial charge in [0, 0.05) is 37.0 Å². The summed E-state index contributed by atoms with van der Waals surface area (Å²) in [5, 5.41) is 0. The van der Waals surface area contributed by atoms with Gasteiger partial charge in [0.25, 0.3) is 0 Å². The molecule has 0 spiro atoms. The van der Waals surface area contributed by atoms with Crippen molar-refractivity contribution in [2.45, 2.75) is 71.7 Å². The maximum absolute atomic E-state index is 12.2. The van der Waals surface area contributed by atoms with E-state index in [0.717, 1.165) is 0 Å². The minimum atomic E-state index is -0.493. The predicted molar refractivity (Wildman–Crippen MR) is 84.3 cm³/mol. The molecule has 2 aliphatic rings. The van der Waals surface area contributed by atoms with Gasteiger partial charge in [-0.2, -0.15) is 0 Å². The van der Waals surface area contributed by atoms with Crippen molar-refractivity contribution in [3.05, 3.63) is 0 Å². The fraction of sp³-hybridized carbons (Fsp3) is 0.875. The number of amides is 2. The van der Waals surface area contributed by atoms with E-state index in [0.29, 0.717) is 19.5 Å². The topological polar surface area (TPSA) is 75.9 Å². The number of ether oxygens (including phenoxy) is 1. The van der Waals surface area contributed by atoms with Crippen LogP contribution in [-0.2, 0) is 9.53 Å². The molecule has 2 unspecified atom stereocenters. The lowest BCUT2D eigenvalue weighted by atomic mass is 9.72. The Balaban J connectivity index is 2.05. The Labute approximate surface area is 132 Å². The SMILES string of the molecule is CC(C)N1C(=O)CC(N)C1C1(C)CN(C(=O)OC(C)(C)C)C1. The zero-order valence-electron chi connectivity index (χ0n) is 14.5. The molecule has 0 aromatic carbocycles. The van der Waals surface area contributed by atoms with Gasteiger partial charge in [-0.3, -0.25) is 4.79 Å². The molecule has 6 heteroatoms. The number of hydrogen-bond donors (Lipinski definition) is 1. The van der Waals surface area contributed by atoms with Crippen LogP contribution in [0.15, 0.2) is 0 Å². The minimum Gasteiger partial charge on any atom is -0.444 e. The van der Waals surface area contributed by atoms with E-state index in [1.165, 1.54) is 0 Å². The van der Waals surface area contributed by atoms with E-state index in [2.05, 4.69) is 6.92 Å². The predicted octanol–water partition coefficient (Wildman–Crippen LogP) is 1.58. The lowest BCUT2D eigenvalue weighted by Crippen LogP contribution is -2.68. The van der Waals surface area contributed by atoms with Crippen LogP contribution in [0, 0.1) is 5.41 Å². The molecule has 2 N–H and O–H groups in total. The largest absolute Gasteiger partial charge is 0.444 e. The van der Waals surface area contributed by atoms with Crippen LogP contribution >= 0.6 is 0 Å². The van der Waals surface area contributed by atoms with Crippen molar-refractivity contribution < 1.29 is 14.3 Å². The molecule has 0 saturated carbocycles. The fourth-order valence-electron chi connectivity index (χ4n) is 3.71. The second-order valence-electron chi connectivity index (χ2n) is 8.20. The van der Waals surface area contributed by atoms with Crippen molar-refractivity contribution in [2.24, 2.45) is 11.1 Å². The molecule has 2 saturated heterocycles. The van der Waals surface area contributed by atoms with E-state index < -0.39 is 5.60 Å². The smallest absolute Gasteiger partial charge is 0.410 e. The van der Waals surface area contributed by atoms with Crippen molar-refractivity contribution in [3.8, 4) is 0 Å². The Morgan fingerprint density at radius 2 is 1.91 bits per heavy atom. The third-order valence-electron chi connectivity index (χ3n) is 4.43. The summed E-state index contributed by atoms with van der Waals surface area (Å²) >= 11 is 0. The third kappa shape index (κ3) is 3.07. The first-order valence-corrected chi connectivity index (χ1v) is 7.99. The Morgan fingerprint density at radius 1 is 1.36 bits per heavy atom. The molecule has 2 rings (SSSR count). The second kappa shape index (κ2) is 5.41. The number of carbonyl (C=O) groups is 2. The van der Waals surface area contributed by atoms with Crippen LogP contribution in [0.3, 0.4) is 0 Å². The summed E-state index contributed by atoms with van der Waals surface area (Å²) in [6, 6.07) is -0.0576. The molecule has 0 aromatic heterocycles. The van der Waals surface area contributed by atoms with Crippen molar-refractivity contribution >= 4 is 12.0 Å². The fourth-order valence-corrected chi connectivity index (χ4v) is 3.71. The summed E-state index contributed by atoms with van der Waals surface area (Å²) in [6.45, 7) is 12.9. The molecule has 2 amide bonds. The van der Waals surface area contributed by atoms with Crippen LogP contribution in [0.5, 0.6) is 0 Å². The number of nitrogens with two attached hydrogens (primary N) is 1. The second-order valence-corrected chi connectivity index (χ2v) is 8.20. The van der Waals surface area contributed by atoms with Crippen LogP contribution in [0.1, 0.15) is 48.0 Å². The number of rotatable bonds is 2. The molecule has 0 aliphatic carbocycles. The molecule has 0 aromatic rings. The molecule has 2 heterocycles. The Kier molecular flexibility index (Phi) is 4.19. The number of nitrogens with zero attached hydrogens (tertiary/aromatic N) is 2. The first-order chi connectivity index (χ1) is 9.94. The van der Waals surface area contributed by atoms with Gasteiger partial charge < -0.3 is 20.3 Å². The molecule has 2 fully saturated rings. The molecular formula is C16H29N3O3. The molecule has 6 nitrogen and oxygen atoms in total. The standard InChI is InChI=1S/C16H29N3O3/c1-10(2)19-12(20)7-11(17)13(19)16(6)8-18(9-16)14(21)22-15(3,4)5/h10-11,13H,7-9,17H2,1-6H3. The van der Waals surface area contributed by atoms with Crippen LogP contribution in [0.25, 0.3) is 0 Å². The highest BCUT2D eigenvalue weighted by Crippen LogP contribution is 2.42. The van der Waals surface area contributed by atoms with Crippen LogP contribution in [0.4, 0.5) is 4.79 Å². The van der Waals surface area contributed by atoms with Gasteiger partial charge in [-0.1, -0.05) is 6.92 Å². The molecule has 126 valence electrons. The monoisotopic (exact) mass is 311 g/mol. The van der Waals surface area contributed by atoms with E-state index in [1.54, 1.807) is 4.90 Å². The summed E-state index contributed by atoms with van der Waals surface area (Å²) in [5.41, 5.74) is 5.57. The number of likely N-dealkylation sites (tertiary alicyclic amines) is 2. The maximum atomic E-state index is 12.2. The molecule has 2 atom stereocenters. The van der Waals surface area contributed by atoms with Crippen molar-refractivity contribution in [1.82, 2.24) is 9.80 Å². The number of hydrogen-bond acceptors (Lipinski definition) is 4. The third-order valence-corrected chi connectivity index (χ3v) is 4.43. The maximum Gasteiger partial charge on any atom is 0.410 e. The van der Waals surface area contributed by atoms with Gasteiger partial charge in [0.2, 0.25) is 5.91 Å². The van der Waals surface area contributed by atoms with E-state index in [4.69, 9.17) is 10.5 Å². The summed E-state index contributed by atoms with van der Waals surface area (Å²) in [5.74, 6) is 0.115. The highest BCUT2D eigenvalue weighted by Gasteiger charge is 2.56. The van der Waals surface area contributed by atoms with Crippen molar-refractivity contribution in [2.75, 3.05) is 13.1 Å². The Bertz CT molecular complexity index is 464. The van der Waals surface area contributed by atoms with Crippen LogP contribution in [-0.4, -0.2) is 58.6 Å². The van der Waals surface area contributed by atoms with E-state index in [1.807, 2.05) is 39.5 Å². The average molecular weight is 311 g/mol. The first kappa shape index (κ1) is 17.1. The molecule has 22 heavy (non-hydrogen) atoms. The van der Waals surface area contributed by atoms with Crippen LogP contribution in [0.2, 0.25) is 0 Å². The molecule has 2 aliphatic heterocycles. The van der Waals surface area contributed by atoms with Gasteiger partial charge >= 0.3 is 6.09 Å². The van der Waals surface area contributed by atoms with Gasteiger partial charge in [-0.25, -0.2) is 4.79 Å². The van der Waals surface area contributed by atoms with Gasteiger partial charge in [0.1, 0.15) is 5.60 Å². The van der Waals surface area contributed by atoms with Gasteiger partial charge in [-0.15, -0.1) is 0 Å². The Morgan fingerprint density at radius 3 is 2.36 bits per heavy atom. The normalized spacial score (nSPS) is 28.1. The van der Waals surface area contributed by atoms with Gasteiger partial charge in [0.05, 0.1) is 6.04 Å². The molecule has 0 radical (unpaired) electrons. The van der Waals surface area contributed by atoms with E-state index in [9.17, 15) is 9.59 Å². The van der Waals surface area contributed by atoms with Crippen molar-refractivity contribution in [3.63, 3.8) is 0 Å². The number of carbonyl (C=O) groups excluding carboxylic acids is 2. The quantitative estimate of drug-likeness (QED) is 0.840. The zero-order valence-corrected chi connectivity index (χ0v) is 14.5. The first-order valence-electron chi connectivity index (χ1n) is 7.99. The summed E-state index contributed by atoms with van der Waals surface area (Å²) in [6.07, 6.45) is 0.101. The lowest BCUT2D eigenvalue weighted by Gasteiger charge is -2.54. The lowest BCUT2D eigenvalue weighted by molar-refractivity contribution is -0.135. The van der Waals surface area contributed by atoms with Crippen molar-refractivity contribution in [1.29, 1.82) is 0 Å². The summed E-state index contributed by atoms with van der Waals surface area (Å²) in [7, 11) is 0. The average Bonchev–Trinajstić information content (AvgIpc) is 2.58. The summed E-state index contributed by atoms with van der Waals surface area (Å²) < 4.78 is 5.40. The van der Waals surface area contributed by atoms with Gasteiger partial charge in [0.15, 0.2) is 0 Å². The van der Waals surface area contributed by atoms with Crippen LogP contribution < -0.4 is 5.73 Å². The van der Waals surface area contributed by atoms with E-state index >= 15 is 0 Å². The van der Waals surface area contributed by atoms with E-state index in [-0.39, 0.29) is 35.5 Å². The molecular weight excluding hydrogens is 282 g/mol.